The van der Waals surface area contributed by atoms with Crippen LogP contribution in [0.2, 0.25) is 0 Å². The number of nitrogens with zero attached hydrogens (tertiary/aromatic N) is 1. The van der Waals surface area contributed by atoms with E-state index in [0.717, 1.165) is 12.8 Å². The molecule has 0 aromatic rings. The van der Waals surface area contributed by atoms with Crippen LogP contribution in [-0.2, 0) is 14.4 Å². The van der Waals surface area contributed by atoms with Crippen molar-refractivity contribution >= 4 is 17.5 Å². The topological polar surface area (TPSA) is 67.6 Å². The fourth-order valence-electron chi connectivity index (χ4n) is 10.8. The molecule has 0 radical (unpaired) electrons. The van der Waals surface area contributed by atoms with E-state index in [2.05, 4.69) is 44.8 Å². The molecule has 5 aliphatic carbocycles. The first kappa shape index (κ1) is 29.3. The monoisotopic (exact) mass is 560 g/mol. The summed E-state index contributed by atoms with van der Waals surface area (Å²) in [6.45, 7) is 22.3. The molecule has 0 spiro atoms. The molecule has 1 amide bonds. The predicted octanol–water partition coefficient (Wildman–Crippen LogP) is 7.07. The van der Waals surface area contributed by atoms with Crippen molar-refractivity contribution in [1.29, 1.82) is 0 Å². The molecule has 4 saturated carbocycles. The number of carbonyl (C=O) groups excluding carboxylic acids is 3. The molecule has 0 bridgehead atoms. The van der Waals surface area contributed by atoms with Crippen molar-refractivity contribution in [3.05, 3.63) is 23.2 Å². The Labute approximate surface area is 235 Å². The molecule has 5 aliphatic rings. The van der Waals surface area contributed by atoms with Crippen LogP contribution >= 0.6 is 0 Å². The second kappa shape index (κ2) is 8.44. The Balaban J connectivity index is 1.61. The van der Waals surface area contributed by atoms with Gasteiger partial charge in [-0.2, -0.15) is 13.2 Å². The second-order valence-corrected chi connectivity index (χ2v) is 15.8. The van der Waals surface area contributed by atoms with Crippen LogP contribution in [0, 0.1) is 57.3 Å². The Morgan fingerprint density at radius 1 is 0.950 bits per heavy atom. The normalized spacial score (nSPS) is 45.6. The number of nitrogens with one attached hydrogen (secondary N) is 1. The molecule has 8 heteroatoms. The van der Waals surface area contributed by atoms with Crippen molar-refractivity contribution in [2.45, 2.75) is 112 Å². The summed E-state index contributed by atoms with van der Waals surface area (Å²) < 4.78 is 40.5. The van der Waals surface area contributed by atoms with Crippen LogP contribution in [0.5, 0.6) is 0 Å². The number of Topliss-reactive ketones (excluding diaryl/α,β-unsaturated/α-hetero) is 2. The third-order valence-corrected chi connectivity index (χ3v) is 13.1. The van der Waals surface area contributed by atoms with Crippen molar-refractivity contribution in [3.8, 4) is 0 Å². The highest BCUT2D eigenvalue weighted by Crippen LogP contribution is 2.74. The number of amides is 1. The Bertz CT molecular complexity index is 1240. The van der Waals surface area contributed by atoms with Gasteiger partial charge in [0.25, 0.3) is 0 Å². The molecule has 40 heavy (non-hydrogen) atoms. The molecule has 5 rings (SSSR count). The largest absolute Gasteiger partial charge is 0.471 e. The zero-order valence-corrected chi connectivity index (χ0v) is 24.8. The van der Waals surface area contributed by atoms with E-state index >= 15 is 0 Å². The lowest BCUT2D eigenvalue weighted by Gasteiger charge is -2.72. The van der Waals surface area contributed by atoms with Gasteiger partial charge in [-0.25, -0.2) is 4.85 Å². The van der Waals surface area contributed by atoms with Gasteiger partial charge < -0.3 is 10.1 Å². The standard InChI is InChI=1S/C32H43F3N2O3/c1-26(2)11-13-31(37-25(40)32(33,34)35)14-12-30(7)23(18(31)16-26)20(38)15-22-28(5)17-19(36-8)24(39)27(3,4)21(28)9-10-29(22,30)6/h17-18,21-23H,9-16H2,1-7H3,(H,37,40)/t18?,21-,22+,23?,28-,29+,30+,31-/m0/s1. The summed E-state index contributed by atoms with van der Waals surface area (Å²) in [5.41, 5.74) is -3.11. The highest BCUT2D eigenvalue weighted by atomic mass is 19.4. The average molecular weight is 561 g/mol. The fourth-order valence-corrected chi connectivity index (χ4v) is 10.8. The Morgan fingerprint density at radius 2 is 1.57 bits per heavy atom. The van der Waals surface area contributed by atoms with Crippen LogP contribution in [0.1, 0.15) is 99.8 Å². The third kappa shape index (κ3) is 3.74. The molecule has 220 valence electrons. The van der Waals surface area contributed by atoms with Crippen LogP contribution in [-0.4, -0.2) is 29.2 Å². The predicted molar refractivity (Wildman–Crippen MR) is 144 cm³/mol. The number of allylic oxidation sites excluding steroid dienone is 2. The van der Waals surface area contributed by atoms with Crippen LogP contribution < -0.4 is 5.32 Å². The molecule has 2 unspecified atom stereocenters. The molecule has 0 aliphatic heterocycles. The van der Waals surface area contributed by atoms with E-state index in [4.69, 9.17) is 6.57 Å². The quantitative estimate of drug-likeness (QED) is 0.349. The smallest absolute Gasteiger partial charge is 0.343 e. The van der Waals surface area contributed by atoms with Crippen LogP contribution in [0.4, 0.5) is 13.2 Å². The maximum Gasteiger partial charge on any atom is 0.471 e. The number of carbonyl (C=O) groups is 3. The van der Waals surface area contributed by atoms with Gasteiger partial charge in [0, 0.05) is 23.3 Å². The van der Waals surface area contributed by atoms with Gasteiger partial charge in [0.1, 0.15) is 5.78 Å². The average Bonchev–Trinajstić information content (AvgIpc) is 2.83. The van der Waals surface area contributed by atoms with E-state index in [1.807, 2.05) is 19.9 Å². The molecule has 0 saturated heterocycles. The first-order valence-corrected chi connectivity index (χ1v) is 14.8. The highest BCUT2D eigenvalue weighted by molar-refractivity contribution is 6.02. The lowest BCUT2D eigenvalue weighted by molar-refractivity contribution is -0.218. The minimum atomic E-state index is -4.98. The molecule has 5 nitrogen and oxygen atoms in total. The number of hydrogen-bond donors (Lipinski definition) is 1. The first-order chi connectivity index (χ1) is 18.2. The zero-order chi connectivity index (χ0) is 29.9. The van der Waals surface area contributed by atoms with Crippen LogP contribution in [0.3, 0.4) is 0 Å². The number of fused-ring (bicyclic) bond motifs is 7. The van der Waals surface area contributed by atoms with Gasteiger partial charge in [-0.1, -0.05) is 54.5 Å². The van der Waals surface area contributed by atoms with Crippen molar-refractivity contribution < 1.29 is 27.6 Å². The Kier molecular flexibility index (Phi) is 6.19. The van der Waals surface area contributed by atoms with Gasteiger partial charge in [0.2, 0.25) is 5.70 Å². The maximum absolute atomic E-state index is 14.4. The van der Waals surface area contributed by atoms with Crippen molar-refractivity contribution in [1.82, 2.24) is 5.32 Å². The molecule has 1 N–H and O–H groups in total. The molecular formula is C32H43F3N2O3. The van der Waals surface area contributed by atoms with E-state index in [9.17, 15) is 27.6 Å². The van der Waals surface area contributed by atoms with Crippen molar-refractivity contribution in [2.75, 3.05) is 0 Å². The minimum absolute atomic E-state index is 0.00797. The van der Waals surface area contributed by atoms with E-state index in [1.165, 1.54) is 0 Å². The number of ketones is 2. The number of hydrogen-bond acceptors (Lipinski definition) is 3. The van der Waals surface area contributed by atoms with E-state index in [1.54, 1.807) is 0 Å². The van der Waals surface area contributed by atoms with Crippen molar-refractivity contribution in [3.63, 3.8) is 0 Å². The lowest BCUT2D eigenvalue weighted by atomic mass is 9.32. The lowest BCUT2D eigenvalue weighted by Crippen LogP contribution is -2.72. The Morgan fingerprint density at radius 3 is 2.17 bits per heavy atom. The Hall–Kier alpha value is -2.17. The van der Waals surface area contributed by atoms with Crippen LogP contribution in [0.15, 0.2) is 11.8 Å². The summed E-state index contributed by atoms with van der Waals surface area (Å²) in [6, 6.07) is 0. The number of rotatable bonds is 1. The molecule has 8 atom stereocenters. The van der Waals surface area contributed by atoms with Gasteiger partial charge in [0.05, 0.1) is 6.57 Å². The summed E-state index contributed by atoms with van der Waals surface area (Å²) in [6.07, 6.45) is 1.41. The summed E-state index contributed by atoms with van der Waals surface area (Å²) in [5, 5.41) is 2.45. The summed E-state index contributed by atoms with van der Waals surface area (Å²) in [7, 11) is 0. The van der Waals surface area contributed by atoms with Gasteiger partial charge in [-0.3, -0.25) is 9.59 Å². The van der Waals surface area contributed by atoms with E-state index in [-0.39, 0.29) is 52.3 Å². The highest BCUT2D eigenvalue weighted by Gasteiger charge is 2.72. The number of halogens is 3. The molecule has 0 aromatic carbocycles. The van der Waals surface area contributed by atoms with Gasteiger partial charge in [-0.05, 0) is 84.4 Å². The third-order valence-electron chi connectivity index (χ3n) is 13.1. The minimum Gasteiger partial charge on any atom is -0.343 e. The summed E-state index contributed by atoms with van der Waals surface area (Å²) in [4.78, 5) is 43.6. The van der Waals surface area contributed by atoms with E-state index < -0.39 is 39.8 Å². The van der Waals surface area contributed by atoms with Gasteiger partial charge >= 0.3 is 12.1 Å². The first-order valence-electron chi connectivity index (χ1n) is 14.8. The summed E-state index contributed by atoms with van der Waals surface area (Å²) >= 11 is 0. The fraction of sp³-hybridized carbons (Fsp3) is 0.812. The maximum atomic E-state index is 14.4. The van der Waals surface area contributed by atoms with E-state index in [0.29, 0.717) is 32.1 Å². The molecule has 0 aromatic heterocycles. The number of alkyl halides is 3. The molecule has 0 heterocycles. The van der Waals surface area contributed by atoms with Gasteiger partial charge in [-0.15, -0.1) is 0 Å². The SMILES string of the molecule is [C-]#[N+]C1=C[C@]2(C)[C@H]3CC(=O)C4C5CC(C)(C)CC[C@]5(NC(=O)C(F)(F)F)CC[C@@]4(C)[C@]3(C)CC[C@H]2C(C)(C)C1=O. The summed E-state index contributed by atoms with van der Waals surface area (Å²) in [5.74, 6) is -2.92. The second-order valence-electron chi connectivity index (χ2n) is 15.8. The molecule has 4 fully saturated rings. The van der Waals surface area contributed by atoms with Crippen LogP contribution in [0.25, 0.3) is 4.85 Å². The van der Waals surface area contributed by atoms with Crippen molar-refractivity contribution in [2.24, 2.45) is 50.7 Å². The zero-order valence-electron chi connectivity index (χ0n) is 24.8. The molecular weight excluding hydrogens is 517 g/mol. The van der Waals surface area contributed by atoms with Gasteiger partial charge in [0.15, 0.2) is 5.78 Å².